The molecule has 0 aromatic rings. The average Bonchev–Trinajstić information content (AvgIpc) is 2.56. The summed E-state index contributed by atoms with van der Waals surface area (Å²) in [4.78, 5) is 11.0. The summed E-state index contributed by atoms with van der Waals surface area (Å²) in [5.41, 5.74) is 0.543. The second-order valence-corrected chi connectivity index (χ2v) is 15.5. The molecule has 25 heavy (non-hydrogen) atoms. The first-order chi connectivity index (χ1) is 11.9. The van der Waals surface area contributed by atoms with Gasteiger partial charge in [-0.3, -0.25) is 4.79 Å². The molecule has 0 aromatic heterocycles. The van der Waals surface area contributed by atoms with Gasteiger partial charge < -0.3 is 4.74 Å². The van der Waals surface area contributed by atoms with Crippen molar-refractivity contribution in [3.05, 3.63) is 0 Å². The number of methoxy groups -OCH3 is 1. The molecule has 150 valence electrons. The monoisotopic (exact) mass is 410 g/mol. The first kappa shape index (κ1) is 25.3. The Balaban J connectivity index is 3.71. The van der Waals surface area contributed by atoms with Gasteiger partial charge in [0.2, 0.25) is 0 Å². The number of rotatable bonds is 17. The van der Waals surface area contributed by atoms with Crippen LogP contribution >= 0.6 is 22.2 Å². The lowest BCUT2D eigenvalue weighted by molar-refractivity contribution is -0.140. The van der Waals surface area contributed by atoms with Crippen molar-refractivity contribution < 1.29 is 9.53 Å². The lowest BCUT2D eigenvalue weighted by Gasteiger charge is -2.24. The fraction of sp³-hybridized carbons (Fsp3) is 0.950. The molecule has 0 heterocycles. The van der Waals surface area contributed by atoms with Gasteiger partial charge in [0.25, 0.3) is 6.69 Å². The largest absolute Gasteiger partial charge is 0.469 e. The number of unbranched alkanes of at least 4 members (excludes halogenated alkanes) is 10. The Bertz CT molecular complexity index is 319. The SMILES string of the molecule is CCCCCCCCC(CCCCCCCCC(=O)OC)[Si](C)(Cl)Cl. The lowest BCUT2D eigenvalue weighted by atomic mass is 10.0. The van der Waals surface area contributed by atoms with Crippen molar-refractivity contribution in [2.75, 3.05) is 7.11 Å². The number of ether oxygens (including phenoxy) is 1. The number of hydrogen-bond donors (Lipinski definition) is 0. The third kappa shape index (κ3) is 16.2. The molecule has 2 nitrogen and oxygen atoms in total. The molecular formula is C20H40Cl2O2Si. The minimum Gasteiger partial charge on any atom is -0.469 e. The Hall–Kier alpha value is 0.267. The molecule has 1 atom stereocenters. The quantitative estimate of drug-likeness (QED) is 0.105. The van der Waals surface area contributed by atoms with Crippen LogP contribution in [0.1, 0.15) is 103 Å². The van der Waals surface area contributed by atoms with Crippen molar-refractivity contribution >= 4 is 34.8 Å². The van der Waals surface area contributed by atoms with E-state index in [-0.39, 0.29) is 5.97 Å². The number of esters is 1. The van der Waals surface area contributed by atoms with E-state index in [9.17, 15) is 4.79 Å². The first-order valence-corrected chi connectivity index (χ1v) is 15.0. The van der Waals surface area contributed by atoms with Gasteiger partial charge in [-0.2, -0.15) is 0 Å². The highest BCUT2D eigenvalue weighted by Crippen LogP contribution is 2.38. The molecule has 0 rings (SSSR count). The molecule has 0 aromatic carbocycles. The van der Waals surface area contributed by atoms with Gasteiger partial charge in [-0.1, -0.05) is 90.4 Å². The summed E-state index contributed by atoms with van der Waals surface area (Å²) in [7, 11) is 1.45. The highest BCUT2D eigenvalue weighted by Gasteiger charge is 2.32. The van der Waals surface area contributed by atoms with Gasteiger partial charge in [-0.05, 0) is 18.5 Å². The van der Waals surface area contributed by atoms with E-state index in [0.29, 0.717) is 12.0 Å². The van der Waals surface area contributed by atoms with E-state index in [1.165, 1.54) is 84.2 Å². The van der Waals surface area contributed by atoms with Gasteiger partial charge in [0.1, 0.15) is 0 Å². The van der Waals surface area contributed by atoms with Crippen LogP contribution in [0.3, 0.4) is 0 Å². The van der Waals surface area contributed by atoms with Crippen LogP contribution in [0.15, 0.2) is 0 Å². The second-order valence-electron chi connectivity index (χ2n) is 7.45. The summed E-state index contributed by atoms with van der Waals surface area (Å²) in [5.74, 6) is -0.0917. The highest BCUT2D eigenvalue weighted by molar-refractivity contribution is 7.45. The minimum absolute atomic E-state index is 0.0917. The molecule has 5 heteroatoms. The van der Waals surface area contributed by atoms with Gasteiger partial charge >= 0.3 is 5.97 Å². The van der Waals surface area contributed by atoms with E-state index >= 15 is 0 Å². The van der Waals surface area contributed by atoms with E-state index in [1.807, 2.05) is 0 Å². The van der Waals surface area contributed by atoms with E-state index in [4.69, 9.17) is 22.2 Å². The lowest BCUT2D eigenvalue weighted by Crippen LogP contribution is -2.22. The van der Waals surface area contributed by atoms with Crippen LogP contribution < -0.4 is 0 Å². The van der Waals surface area contributed by atoms with Gasteiger partial charge in [-0.25, -0.2) is 0 Å². The second kappa shape index (κ2) is 16.4. The number of carbonyl (C=O) groups excluding carboxylic acids is 1. The molecule has 0 fully saturated rings. The standard InChI is InChI=1S/C20H40Cl2O2Si/c1-4-5-6-7-10-13-16-19(25(3,21)22)17-14-11-8-9-12-15-18-20(23)24-2/h19H,4-18H2,1-3H3. The molecule has 0 aliphatic heterocycles. The molecule has 0 aliphatic rings. The van der Waals surface area contributed by atoms with E-state index in [2.05, 4.69) is 18.2 Å². The van der Waals surface area contributed by atoms with Gasteiger partial charge in [0, 0.05) is 6.42 Å². The summed E-state index contributed by atoms with van der Waals surface area (Å²) in [6.07, 6.45) is 18.0. The van der Waals surface area contributed by atoms with Crippen molar-refractivity contribution in [1.82, 2.24) is 0 Å². The predicted molar refractivity (Wildman–Crippen MR) is 114 cm³/mol. The van der Waals surface area contributed by atoms with Crippen LogP contribution in [0, 0.1) is 0 Å². The van der Waals surface area contributed by atoms with Gasteiger partial charge in [0.15, 0.2) is 0 Å². The zero-order chi connectivity index (χ0) is 19.0. The topological polar surface area (TPSA) is 26.3 Å². The zero-order valence-electron chi connectivity index (χ0n) is 16.8. The predicted octanol–water partition coefficient (Wildman–Crippen LogP) is 7.95. The Morgan fingerprint density at radius 2 is 1.28 bits per heavy atom. The van der Waals surface area contributed by atoms with Crippen molar-refractivity contribution in [2.24, 2.45) is 0 Å². The molecule has 0 saturated carbocycles. The maximum atomic E-state index is 11.0. The van der Waals surface area contributed by atoms with Crippen LogP contribution in [0.2, 0.25) is 12.1 Å². The van der Waals surface area contributed by atoms with E-state index in [0.717, 1.165) is 12.8 Å². The molecule has 0 N–H and O–H groups in total. The molecule has 0 bridgehead atoms. The fourth-order valence-electron chi connectivity index (χ4n) is 3.29. The molecule has 1 unspecified atom stereocenters. The highest BCUT2D eigenvalue weighted by atomic mass is 35.7. The summed E-state index contributed by atoms with van der Waals surface area (Å²) >= 11 is 13.1. The maximum absolute atomic E-state index is 11.0. The normalized spacial score (nSPS) is 13.0. The van der Waals surface area contributed by atoms with Crippen LogP contribution in [-0.4, -0.2) is 19.8 Å². The molecule has 0 spiro atoms. The van der Waals surface area contributed by atoms with Crippen LogP contribution in [0.5, 0.6) is 0 Å². The fourth-order valence-corrected chi connectivity index (χ4v) is 6.02. The Kier molecular flexibility index (Phi) is 16.6. The summed E-state index contributed by atoms with van der Waals surface area (Å²) in [6.45, 7) is 2.28. The first-order valence-electron chi connectivity index (χ1n) is 10.4. The third-order valence-electron chi connectivity index (χ3n) is 5.03. The number of halogens is 2. The summed E-state index contributed by atoms with van der Waals surface area (Å²) in [6, 6.07) is 0. The molecule has 0 radical (unpaired) electrons. The zero-order valence-corrected chi connectivity index (χ0v) is 19.3. The summed E-state index contributed by atoms with van der Waals surface area (Å²) < 4.78 is 4.65. The molecular weight excluding hydrogens is 371 g/mol. The molecule has 0 amide bonds. The smallest absolute Gasteiger partial charge is 0.305 e. The number of carbonyl (C=O) groups is 1. The van der Waals surface area contributed by atoms with Crippen LogP contribution in [0.4, 0.5) is 0 Å². The molecule has 0 saturated heterocycles. The van der Waals surface area contributed by atoms with Crippen molar-refractivity contribution in [2.45, 2.75) is 115 Å². The minimum atomic E-state index is -2.07. The Labute approximate surface area is 166 Å². The third-order valence-corrected chi connectivity index (χ3v) is 8.90. The van der Waals surface area contributed by atoms with Gasteiger partial charge in [-0.15, -0.1) is 22.2 Å². The average molecular weight is 412 g/mol. The maximum Gasteiger partial charge on any atom is 0.305 e. The van der Waals surface area contributed by atoms with Crippen molar-refractivity contribution in [1.29, 1.82) is 0 Å². The van der Waals surface area contributed by atoms with Crippen LogP contribution in [0.25, 0.3) is 0 Å². The Morgan fingerprint density at radius 1 is 0.840 bits per heavy atom. The van der Waals surface area contributed by atoms with Crippen LogP contribution in [-0.2, 0) is 9.53 Å². The molecule has 0 aliphatic carbocycles. The number of hydrogen-bond acceptors (Lipinski definition) is 2. The van der Waals surface area contributed by atoms with Crippen molar-refractivity contribution in [3.63, 3.8) is 0 Å². The Morgan fingerprint density at radius 3 is 1.72 bits per heavy atom. The van der Waals surface area contributed by atoms with E-state index < -0.39 is 6.69 Å². The van der Waals surface area contributed by atoms with Gasteiger partial charge in [0.05, 0.1) is 7.11 Å². The summed E-state index contributed by atoms with van der Waals surface area (Å²) in [5, 5.41) is 0. The van der Waals surface area contributed by atoms with Crippen molar-refractivity contribution in [3.8, 4) is 0 Å². The van der Waals surface area contributed by atoms with E-state index in [1.54, 1.807) is 0 Å².